The lowest BCUT2D eigenvalue weighted by Gasteiger charge is -2.10. The molecule has 1 amide bonds. The minimum Gasteiger partial charge on any atom is -0.495 e. The van der Waals surface area contributed by atoms with Gasteiger partial charge in [0.15, 0.2) is 5.82 Å². The lowest BCUT2D eigenvalue weighted by Crippen LogP contribution is -2.10. The number of halogens is 1. The molecule has 2 aromatic carbocycles. The Morgan fingerprint density at radius 1 is 1.27 bits per heavy atom. The lowest BCUT2D eigenvalue weighted by atomic mass is 10.1. The van der Waals surface area contributed by atoms with E-state index < -0.39 is 0 Å². The molecular formula is C20H20ClN7O2. The highest BCUT2D eigenvalue weighted by molar-refractivity contribution is 6.38. The van der Waals surface area contributed by atoms with Gasteiger partial charge in [0, 0.05) is 24.4 Å². The van der Waals surface area contributed by atoms with Crippen molar-refractivity contribution in [2.45, 2.75) is 13.3 Å². The molecule has 0 aliphatic carbocycles. The maximum atomic E-state index is 11.7. The van der Waals surface area contributed by atoms with Crippen LogP contribution >= 0.6 is 11.6 Å². The van der Waals surface area contributed by atoms with Crippen LogP contribution in [0.2, 0.25) is 5.02 Å². The maximum absolute atomic E-state index is 11.7. The standard InChI is InChI=1S/C20H20ClN7O2/c1-4-17(29)23-14-6-5-11(9-16(14)30-3)19-25-20(28(2)27-19)24-15-8-7-13-12(18(15)21)10-22-26-13/h5-10H,4H2,1-3H3,(H,22,26)(H,23,29)(H,24,25,27). The molecular weight excluding hydrogens is 406 g/mol. The van der Waals surface area contributed by atoms with Crippen LogP contribution in [0.1, 0.15) is 13.3 Å². The predicted octanol–water partition coefficient (Wildman–Crippen LogP) is 4.11. The Hall–Kier alpha value is -3.59. The lowest BCUT2D eigenvalue weighted by molar-refractivity contribution is -0.115. The number of carbonyl (C=O) groups excluding carboxylic acids is 1. The average molecular weight is 426 g/mol. The number of hydrogen-bond acceptors (Lipinski definition) is 6. The number of methoxy groups -OCH3 is 1. The van der Waals surface area contributed by atoms with Gasteiger partial charge < -0.3 is 15.4 Å². The number of H-pyrrole nitrogens is 1. The number of aromatic amines is 1. The molecule has 3 N–H and O–H groups in total. The summed E-state index contributed by atoms with van der Waals surface area (Å²) in [6.07, 6.45) is 2.06. The zero-order chi connectivity index (χ0) is 21.3. The van der Waals surface area contributed by atoms with Crippen molar-refractivity contribution in [3.8, 4) is 17.1 Å². The van der Waals surface area contributed by atoms with Crippen LogP contribution < -0.4 is 15.4 Å². The fourth-order valence-corrected chi connectivity index (χ4v) is 3.25. The number of aryl methyl sites for hydroxylation is 1. The summed E-state index contributed by atoms with van der Waals surface area (Å²) in [6, 6.07) is 9.13. The fraction of sp³-hybridized carbons (Fsp3) is 0.200. The van der Waals surface area contributed by atoms with Gasteiger partial charge in [-0.3, -0.25) is 9.89 Å². The molecule has 2 aromatic heterocycles. The Morgan fingerprint density at radius 2 is 2.07 bits per heavy atom. The van der Waals surface area contributed by atoms with Gasteiger partial charge in [-0.1, -0.05) is 18.5 Å². The monoisotopic (exact) mass is 425 g/mol. The van der Waals surface area contributed by atoms with E-state index >= 15 is 0 Å². The molecule has 2 heterocycles. The maximum Gasteiger partial charge on any atom is 0.225 e. The number of nitrogens with one attached hydrogen (secondary N) is 3. The van der Waals surface area contributed by atoms with Crippen molar-refractivity contribution in [3.05, 3.63) is 41.6 Å². The second-order valence-electron chi connectivity index (χ2n) is 6.58. The first-order valence-corrected chi connectivity index (χ1v) is 9.65. The number of fused-ring (bicyclic) bond motifs is 1. The summed E-state index contributed by atoms with van der Waals surface area (Å²) >= 11 is 6.49. The van der Waals surface area contributed by atoms with E-state index in [2.05, 4.69) is 30.9 Å². The zero-order valence-electron chi connectivity index (χ0n) is 16.7. The van der Waals surface area contributed by atoms with E-state index in [4.69, 9.17) is 16.3 Å². The first-order valence-electron chi connectivity index (χ1n) is 9.28. The Kier molecular flexibility index (Phi) is 5.28. The quantitative estimate of drug-likeness (QED) is 0.428. The molecule has 0 radical (unpaired) electrons. The summed E-state index contributed by atoms with van der Waals surface area (Å²) in [7, 11) is 3.34. The highest BCUT2D eigenvalue weighted by Crippen LogP contribution is 2.33. The van der Waals surface area contributed by atoms with E-state index in [0.717, 1.165) is 16.5 Å². The molecule has 4 aromatic rings. The second kappa shape index (κ2) is 8.03. The van der Waals surface area contributed by atoms with Gasteiger partial charge in [-0.05, 0) is 30.3 Å². The molecule has 0 aliphatic heterocycles. The topological polar surface area (TPSA) is 110 Å². The van der Waals surface area contributed by atoms with Crippen molar-refractivity contribution in [2.75, 3.05) is 17.7 Å². The van der Waals surface area contributed by atoms with Gasteiger partial charge in [0.25, 0.3) is 0 Å². The van der Waals surface area contributed by atoms with Crippen LogP contribution in [0, 0.1) is 0 Å². The summed E-state index contributed by atoms with van der Waals surface area (Å²) in [5.74, 6) is 1.48. The van der Waals surface area contributed by atoms with Crippen molar-refractivity contribution < 1.29 is 9.53 Å². The van der Waals surface area contributed by atoms with Gasteiger partial charge in [-0.2, -0.15) is 10.1 Å². The second-order valence-corrected chi connectivity index (χ2v) is 6.96. The Bertz CT molecular complexity index is 1230. The molecule has 0 atom stereocenters. The third-order valence-corrected chi connectivity index (χ3v) is 5.03. The normalized spacial score (nSPS) is 10.9. The fourth-order valence-electron chi connectivity index (χ4n) is 2.99. The van der Waals surface area contributed by atoms with Gasteiger partial charge in [-0.15, -0.1) is 5.10 Å². The molecule has 0 spiro atoms. The van der Waals surface area contributed by atoms with Crippen LogP contribution in [0.25, 0.3) is 22.3 Å². The molecule has 30 heavy (non-hydrogen) atoms. The zero-order valence-corrected chi connectivity index (χ0v) is 17.4. The predicted molar refractivity (Wildman–Crippen MR) is 116 cm³/mol. The van der Waals surface area contributed by atoms with E-state index in [1.165, 1.54) is 0 Å². The van der Waals surface area contributed by atoms with Crippen molar-refractivity contribution >= 4 is 45.7 Å². The summed E-state index contributed by atoms with van der Waals surface area (Å²) < 4.78 is 7.04. The van der Waals surface area contributed by atoms with Gasteiger partial charge in [0.1, 0.15) is 5.75 Å². The molecule has 10 heteroatoms. The van der Waals surface area contributed by atoms with E-state index in [0.29, 0.717) is 40.3 Å². The average Bonchev–Trinajstić information content (AvgIpc) is 3.37. The summed E-state index contributed by atoms with van der Waals surface area (Å²) in [4.78, 5) is 16.3. The molecule has 0 unspecified atom stereocenters. The number of anilines is 3. The van der Waals surface area contributed by atoms with E-state index in [1.54, 1.807) is 44.1 Å². The molecule has 4 rings (SSSR count). The molecule has 0 saturated carbocycles. The van der Waals surface area contributed by atoms with Crippen molar-refractivity contribution in [3.63, 3.8) is 0 Å². The highest BCUT2D eigenvalue weighted by atomic mass is 35.5. The number of carbonyl (C=O) groups is 1. The number of amides is 1. The largest absolute Gasteiger partial charge is 0.495 e. The number of ether oxygens (including phenoxy) is 1. The van der Waals surface area contributed by atoms with Crippen molar-refractivity contribution in [1.82, 2.24) is 25.0 Å². The van der Waals surface area contributed by atoms with Crippen LogP contribution in [0.5, 0.6) is 5.75 Å². The third kappa shape index (κ3) is 3.67. The molecule has 0 aliphatic rings. The first kappa shape index (κ1) is 19.7. The molecule has 154 valence electrons. The van der Waals surface area contributed by atoms with Crippen molar-refractivity contribution in [1.29, 1.82) is 0 Å². The third-order valence-electron chi connectivity index (χ3n) is 4.62. The molecule has 9 nitrogen and oxygen atoms in total. The van der Waals surface area contributed by atoms with E-state index in [1.807, 2.05) is 18.2 Å². The van der Waals surface area contributed by atoms with Crippen LogP contribution in [0.15, 0.2) is 36.5 Å². The summed E-state index contributed by atoms with van der Waals surface area (Å²) in [5.41, 5.74) is 2.90. The van der Waals surface area contributed by atoms with Crippen LogP contribution in [-0.2, 0) is 11.8 Å². The number of benzene rings is 2. The smallest absolute Gasteiger partial charge is 0.225 e. The molecule has 0 bridgehead atoms. The molecule has 0 saturated heterocycles. The Labute approximate surface area is 177 Å². The highest BCUT2D eigenvalue weighted by Gasteiger charge is 2.15. The Balaban J connectivity index is 1.63. The van der Waals surface area contributed by atoms with Gasteiger partial charge >= 0.3 is 0 Å². The van der Waals surface area contributed by atoms with Gasteiger partial charge in [-0.25, -0.2) is 4.68 Å². The van der Waals surface area contributed by atoms with Crippen LogP contribution in [-0.4, -0.2) is 38.0 Å². The van der Waals surface area contributed by atoms with Gasteiger partial charge in [0.05, 0.1) is 35.2 Å². The number of aromatic nitrogens is 5. The van der Waals surface area contributed by atoms with Crippen LogP contribution in [0.3, 0.4) is 0 Å². The SMILES string of the molecule is CCC(=O)Nc1ccc(-c2nc(Nc3ccc4[nH]ncc4c3Cl)n(C)n2)cc1OC. The minimum absolute atomic E-state index is 0.0880. The molecule has 0 fully saturated rings. The van der Waals surface area contributed by atoms with E-state index in [9.17, 15) is 4.79 Å². The Morgan fingerprint density at radius 3 is 2.83 bits per heavy atom. The number of rotatable bonds is 6. The van der Waals surface area contributed by atoms with Crippen LogP contribution in [0.4, 0.5) is 17.3 Å². The van der Waals surface area contributed by atoms with Gasteiger partial charge in [0.2, 0.25) is 11.9 Å². The summed E-state index contributed by atoms with van der Waals surface area (Å²) in [6.45, 7) is 1.79. The first-order chi connectivity index (χ1) is 14.5. The number of hydrogen-bond donors (Lipinski definition) is 3. The minimum atomic E-state index is -0.0880. The number of nitrogens with zero attached hydrogens (tertiary/aromatic N) is 4. The summed E-state index contributed by atoms with van der Waals surface area (Å²) in [5, 5.41) is 18.8. The van der Waals surface area contributed by atoms with E-state index in [-0.39, 0.29) is 5.91 Å². The van der Waals surface area contributed by atoms with Crippen molar-refractivity contribution in [2.24, 2.45) is 7.05 Å².